The Morgan fingerprint density at radius 3 is 2.79 bits per heavy atom. The van der Waals surface area contributed by atoms with Crippen LogP contribution in [0.1, 0.15) is 37.9 Å². The van der Waals surface area contributed by atoms with Gasteiger partial charge in [-0.25, -0.2) is 8.42 Å². The summed E-state index contributed by atoms with van der Waals surface area (Å²) in [5.74, 6) is 0.218. The van der Waals surface area contributed by atoms with Crippen LogP contribution in [0.4, 0.5) is 5.69 Å². The van der Waals surface area contributed by atoms with Gasteiger partial charge >= 0.3 is 0 Å². The van der Waals surface area contributed by atoms with Crippen molar-refractivity contribution in [1.29, 1.82) is 0 Å². The molecule has 106 valence electrons. The van der Waals surface area contributed by atoms with E-state index in [9.17, 15) is 8.42 Å². The molecule has 1 unspecified atom stereocenters. The summed E-state index contributed by atoms with van der Waals surface area (Å²) in [5.41, 5.74) is 1.74. The second-order valence-corrected chi connectivity index (χ2v) is 6.83. The standard InChI is InChI=1S/C14H21NO3S/c1-3-4-11-19(16,17)15-10-9-14(18-2)12-7-5-6-8-13(12)15/h5-8,14H,3-4,9-11H2,1-2H3. The van der Waals surface area contributed by atoms with Gasteiger partial charge < -0.3 is 4.74 Å². The van der Waals surface area contributed by atoms with Gasteiger partial charge in [-0.3, -0.25) is 4.31 Å². The third-order valence-electron chi connectivity index (χ3n) is 3.52. The fourth-order valence-corrected chi connectivity index (χ4v) is 4.19. The van der Waals surface area contributed by atoms with Gasteiger partial charge in [0.25, 0.3) is 0 Å². The number of unbranched alkanes of at least 4 members (excludes halogenated alkanes) is 1. The van der Waals surface area contributed by atoms with E-state index < -0.39 is 10.0 Å². The highest BCUT2D eigenvalue weighted by Crippen LogP contribution is 2.37. The van der Waals surface area contributed by atoms with E-state index in [-0.39, 0.29) is 11.9 Å². The van der Waals surface area contributed by atoms with Crippen molar-refractivity contribution in [2.75, 3.05) is 23.7 Å². The topological polar surface area (TPSA) is 46.6 Å². The number of rotatable bonds is 5. The van der Waals surface area contributed by atoms with Crippen molar-refractivity contribution < 1.29 is 13.2 Å². The Kier molecular flexibility index (Phi) is 4.47. The molecule has 0 fully saturated rings. The van der Waals surface area contributed by atoms with Crippen LogP contribution in [0.5, 0.6) is 0 Å². The molecule has 5 heteroatoms. The summed E-state index contributed by atoms with van der Waals surface area (Å²) in [5, 5.41) is 0. The van der Waals surface area contributed by atoms with Crippen molar-refractivity contribution in [1.82, 2.24) is 0 Å². The van der Waals surface area contributed by atoms with E-state index in [1.165, 1.54) is 0 Å². The number of ether oxygens (including phenoxy) is 1. The minimum absolute atomic E-state index is 0.00572. The molecule has 0 amide bonds. The summed E-state index contributed by atoms with van der Waals surface area (Å²) in [6.07, 6.45) is 2.29. The predicted molar refractivity (Wildman–Crippen MR) is 76.8 cm³/mol. The number of hydrogen-bond donors (Lipinski definition) is 0. The monoisotopic (exact) mass is 283 g/mol. The molecule has 0 bridgehead atoms. The van der Waals surface area contributed by atoms with E-state index in [4.69, 9.17) is 4.74 Å². The van der Waals surface area contributed by atoms with Crippen LogP contribution in [0.2, 0.25) is 0 Å². The lowest BCUT2D eigenvalue weighted by Crippen LogP contribution is -2.38. The number of fused-ring (bicyclic) bond motifs is 1. The fourth-order valence-electron chi connectivity index (χ4n) is 2.47. The fraction of sp³-hybridized carbons (Fsp3) is 0.571. The Morgan fingerprint density at radius 2 is 2.11 bits per heavy atom. The summed E-state index contributed by atoms with van der Waals surface area (Å²) >= 11 is 0. The van der Waals surface area contributed by atoms with Crippen LogP contribution in [-0.4, -0.2) is 27.8 Å². The van der Waals surface area contributed by atoms with Gasteiger partial charge in [0.05, 0.1) is 17.5 Å². The van der Waals surface area contributed by atoms with Crippen LogP contribution in [0.25, 0.3) is 0 Å². The molecular formula is C14H21NO3S. The zero-order valence-corrected chi connectivity index (χ0v) is 12.3. The molecule has 1 aliphatic heterocycles. The molecule has 0 aromatic heterocycles. The molecule has 2 rings (SSSR count). The van der Waals surface area contributed by atoms with Crippen molar-refractivity contribution in [2.45, 2.75) is 32.3 Å². The van der Waals surface area contributed by atoms with Crippen LogP contribution >= 0.6 is 0 Å². The van der Waals surface area contributed by atoms with Crippen LogP contribution in [-0.2, 0) is 14.8 Å². The molecule has 0 spiro atoms. The molecule has 0 saturated heterocycles. The number of methoxy groups -OCH3 is 1. The van der Waals surface area contributed by atoms with Crippen LogP contribution in [0, 0.1) is 0 Å². The van der Waals surface area contributed by atoms with E-state index in [1.54, 1.807) is 11.4 Å². The zero-order valence-electron chi connectivity index (χ0n) is 11.5. The van der Waals surface area contributed by atoms with Gasteiger partial charge in [0.15, 0.2) is 0 Å². The molecule has 1 aromatic rings. The summed E-state index contributed by atoms with van der Waals surface area (Å²) in [6, 6.07) is 7.61. The molecule has 1 atom stereocenters. The number of nitrogens with zero attached hydrogens (tertiary/aromatic N) is 1. The van der Waals surface area contributed by atoms with Gasteiger partial charge in [-0.15, -0.1) is 0 Å². The highest BCUT2D eigenvalue weighted by atomic mass is 32.2. The Hall–Kier alpha value is -1.07. The Labute approximate surface area is 115 Å². The quantitative estimate of drug-likeness (QED) is 0.834. The Bertz CT molecular complexity index is 527. The largest absolute Gasteiger partial charge is 0.377 e. The smallest absolute Gasteiger partial charge is 0.235 e. The number of sulfonamides is 1. The minimum Gasteiger partial charge on any atom is -0.377 e. The number of benzene rings is 1. The van der Waals surface area contributed by atoms with Gasteiger partial charge in [-0.1, -0.05) is 31.5 Å². The third kappa shape index (κ3) is 2.92. The van der Waals surface area contributed by atoms with Crippen molar-refractivity contribution in [3.63, 3.8) is 0 Å². The van der Waals surface area contributed by atoms with Gasteiger partial charge in [-0.2, -0.15) is 0 Å². The summed E-state index contributed by atoms with van der Waals surface area (Å²) in [4.78, 5) is 0. The first kappa shape index (κ1) is 14.3. The van der Waals surface area contributed by atoms with Crippen molar-refractivity contribution in [3.05, 3.63) is 29.8 Å². The summed E-state index contributed by atoms with van der Waals surface area (Å²) in [7, 11) is -1.54. The molecule has 19 heavy (non-hydrogen) atoms. The Balaban J connectivity index is 2.34. The highest BCUT2D eigenvalue weighted by Gasteiger charge is 2.31. The average Bonchev–Trinajstić information content (AvgIpc) is 2.43. The van der Waals surface area contributed by atoms with Crippen LogP contribution in [0.3, 0.4) is 0 Å². The predicted octanol–water partition coefficient (Wildman–Crippen LogP) is 2.71. The molecule has 0 aliphatic carbocycles. The summed E-state index contributed by atoms with van der Waals surface area (Å²) < 4.78 is 31.8. The minimum atomic E-state index is -3.21. The maximum absolute atomic E-state index is 12.4. The van der Waals surface area contributed by atoms with E-state index in [2.05, 4.69) is 0 Å². The van der Waals surface area contributed by atoms with Crippen molar-refractivity contribution in [2.24, 2.45) is 0 Å². The second-order valence-electron chi connectivity index (χ2n) is 4.81. The van der Waals surface area contributed by atoms with Crippen molar-refractivity contribution >= 4 is 15.7 Å². The van der Waals surface area contributed by atoms with Crippen LogP contribution in [0.15, 0.2) is 24.3 Å². The lowest BCUT2D eigenvalue weighted by atomic mass is 10.0. The van der Waals surface area contributed by atoms with Gasteiger partial charge in [-0.05, 0) is 18.9 Å². The zero-order chi connectivity index (χ0) is 13.9. The van der Waals surface area contributed by atoms with E-state index in [0.717, 1.165) is 17.7 Å². The van der Waals surface area contributed by atoms with E-state index in [0.29, 0.717) is 19.4 Å². The maximum atomic E-state index is 12.4. The molecule has 0 saturated carbocycles. The van der Waals surface area contributed by atoms with Crippen LogP contribution < -0.4 is 4.31 Å². The van der Waals surface area contributed by atoms with E-state index in [1.807, 2.05) is 31.2 Å². The first-order valence-corrected chi connectivity index (χ1v) is 8.33. The lowest BCUT2D eigenvalue weighted by molar-refractivity contribution is 0.0951. The lowest BCUT2D eigenvalue weighted by Gasteiger charge is -2.34. The molecule has 1 heterocycles. The number of anilines is 1. The van der Waals surface area contributed by atoms with Gasteiger partial charge in [0.1, 0.15) is 0 Å². The SMILES string of the molecule is CCCCS(=O)(=O)N1CCC(OC)c2ccccc21. The second kappa shape index (κ2) is 5.92. The first-order valence-electron chi connectivity index (χ1n) is 6.72. The molecule has 0 radical (unpaired) electrons. The molecule has 0 N–H and O–H groups in total. The number of para-hydroxylation sites is 1. The molecule has 1 aliphatic rings. The average molecular weight is 283 g/mol. The molecule has 4 nitrogen and oxygen atoms in total. The normalized spacial score (nSPS) is 19.3. The summed E-state index contributed by atoms with van der Waals surface area (Å²) in [6.45, 7) is 2.50. The Morgan fingerprint density at radius 1 is 1.37 bits per heavy atom. The first-order chi connectivity index (χ1) is 9.10. The van der Waals surface area contributed by atoms with E-state index >= 15 is 0 Å². The molecule has 1 aromatic carbocycles. The van der Waals surface area contributed by atoms with Crippen molar-refractivity contribution in [3.8, 4) is 0 Å². The number of hydrogen-bond acceptors (Lipinski definition) is 3. The third-order valence-corrected chi connectivity index (χ3v) is 5.38. The maximum Gasteiger partial charge on any atom is 0.235 e. The van der Waals surface area contributed by atoms with Gasteiger partial charge in [0, 0.05) is 19.2 Å². The molecular weight excluding hydrogens is 262 g/mol. The van der Waals surface area contributed by atoms with Gasteiger partial charge in [0.2, 0.25) is 10.0 Å². The highest BCUT2D eigenvalue weighted by molar-refractivity contribution is 7.92.